The molecule has 0 heterocycles. The summed E-state index contributed by atoms with van der Waals surface area (Å²) in [6.07, 6.45) is 23.3. The molecular formula is C24H52NO3PS. The molecule has 0 aromatic rings. The van der Waals surface area contributed by atoms with Crippen molar-refractivity contribution >= 4 is 17.4 Å². The molecule has 0 saturated heterocycles. The van der Waals surface area contributed by atoms with Crippen LogP contribution in [0.4, 0.5) is 0 Å². The molecule has 2 N–H and O–H groups in total. The van der Waals surface area contributed by atoms with Crippen LogP contribution in [0, 0.1) is 5.92 Å². The highest BCUT2D eigenvalue weighted by Crippen LogP contribution is 2.61. The van der Waals surface area contributed by atoms with Gasteiger partial charge < -0.3 is 10.3 Å². The van der Waals surface area contributed by atoms with Gasteiger partial charge in [0.25, 0.3) is 0 Å². The lowest BCUT2D eigenvalue weighted by atomic mass is 9.85. The second-order valence-corrected chi connectivity index (χ2v) is 15.4. The van der Waals surface area contributed by atoms with Crippen LogP contribution in [0.2, 0.25) is 0 Å². The highest BCUT2D eigenvalue weighted by atomic mass is 32.2. The largest absolute Gasteiger partial charge is 0.748 e. The van der Waals surface area contributed by atoms with Gasteiger partial charge >= 0.3 is 0 Å². The van der Waals surface area contributed by atoms with Crippen LogP contribution in [-0.4, -0.2) is 49.4 Å². The van der Waals surface area contributed by atoms with Gasteiger partial charge in [-0.1, -0.05) is 72.6 Å². The summed E-state index contributed by atoms with van der Waals surface area (Å²) in [4.78, 5) is 0. The van der Waals surface area contributed by atoms with E-state index in [0.29, 0.717) is 0 Å². The summed E-state index contributed by atoms with van der Waals surface area (Å²) < 4.78 is 31.3. The Balaban J connectivity index is 0.000000579. The van der Waals surface area contributed by atoms with Crippen LogP contribution >= 0.6 is 7.26 Å². The van der Waals surface area contributed by atoms with Crippen molar-refractivity contribution in [2.24, 2.45) is 11.7 Å². The summed E-state index contributed by atoms with van der Waals surface area (Å²) >= 11 is 0. The van der Waals surface area contributed by atoms with Crippen molar-refractivity contribution in [3.63, 3.8) is 0 Å². The van der Waals surface area contributed by atoms with Crippen molar-refractivity contribution in [1.82, 2.24) is 0 Å². The highest BCUT2D eigenvalue weighted by molar-refractivity contribution is 7.85. The molecule has 1 saturated carbocycles. The summed E-state index contributed by atoms with van der Waals surface area (Å²) in [6, 6.07) is -0.456. The van der Waals surface area contributed by atoms with Gasteiger partial charge in [-0.3, -0.25) is 0 Å². The lowest BCUT2D eigenvalue weighted by Gasteiger charge is -2.28. The molecule has 1 fully saturated rings. The van der Waals surface area contributed by atoms with Gasteiger partial charge in [-0.15, -0.1) is 0 Å². The first-order chi connectivity index (χ1) is 14.2. The van der Waals surface area contributed by atoms with E-state index in [0.717, 1.165) is 25.7 Å². The van der Waals surface area contributed by atoms with Gasteiger partial charge in [0.05, 0.1) is 40.5 Å². The standard InChI is InChI=1S/C16H36P.C8H17NO3S/c1-5-9-13-17(14-10-6-2,15-11-7-3)16-12-8-4;9-8(6-13(10,11)12)7-4-2-1-3-5-7/h5-16H2,1-4H3;7-8H,1-6,9H2,(H,10,11,12)/q+1;/p-1. The van der Waals surface area contributed by atoms with Gasteiger partial charge in [0.1, 0.15) is 0 Å². The zero-order chi connectivity index (χ0) is 22.9. The molecule has 30 heavy (non-hydrogen) atoms. The molecule has 0 amide bonds. The molecule has 1 aliphatic carbocycles. The van der Waals surface area contributed by atoms with Crippen molar-refractivity contribution in [2.45, 2.75) is 117 Å². The van der Waals surface area contributed by atoms with E-state index in [1.54, 1.807) is 24.6 Å². The van der Waals surface area contributed by atoms with Crippen molar-refractivity contribution in [3.05, 3.63) is 0 Å². The predicted octanol–water partition coefficient (Wildman–Crippen LogP) is 6.64. The van der Waals surface area contributed by atoms with Gasteiger partial charge in [-0.2, -0.15) is 0 Å². The fraction of sp³-hybridized carbons (Fsp3) is 1.00. The molecule has 0 spiro atoms. The fourth-order valence-electron chi connectivity index (χ4n) is 4.58. The average Bonchev–Trinajstić information content (AvgIpc) is 2.72. The Hall–Kier alpha value is 0.300. The second-order valence-electron chi connectivity index (χ2n) is 9.44. The molecule has 0 bridgehead atoms. The molecule has 0 aromatic heterocycles. The number of nitrogens with two attached hydrogens (primary N) is 1. The number of rotatable bonds is 15. The third-order valence-corrected chi connectivity index (χ3v) is 12.4. The first-order valence-electron chi connectivity index (χ1n) is 12.8. The molecule has 6 heteroatoms. The van der Waals surface area contributed by atoms with Crippen LogP contribution in [0.25, 0.3) is 0 Å². The zero-order valence-corrected chi connectivity index (χ0v) is 22.3. The summed E-state index contributed by atoms with van der Waals surface area (Å²) in [5.74, 6) is -0.171. The molecule has 4 nitrogen and oxygen atoms in total. The van der Waals surface area contributed by atoms with Gasteiger partial charge in [-0.05, 0) is 44.4 Å². The van der Waals surface area contributed by atoms with Crippen LogP contribution in [0.1, 0.15) is 111 Å². The van der Waals surface area contributed by atoms with Crippen molar-refractivity contribution in [1.29, 1.82) is 0 Å². The maximum absolute atomic E-state index is 10.4. The third kappa shape index (κ3) is 15.2. The minimum absolute atomic E-state index is 0.234. The van der Waals surface area contributed by atoms with E-state index < -0.39 is 29.2 Å². The number of unbranched alkanes of at least 4 members (excludes halogenated alkanes) is 4. The second kappa shape index (κ2) is 17.8. The smallest absolute Gasteiger partial charge is 0.0961 e. The van der Waals surface area contributed by atoms with Crippen molar-refractivity contribution in [2.75, 3.05) is 30.4 Å². The normalized spacial score (nSPS) is 16.7. The van der Waals surface area contributed by atoms with E-state index >= 15 is 0 Å². The molecule has 1 rings (SSSR count). The van der Waals surface area contributed by atoms with Crippen LogP contribution in [-0.2, 0) is 10.1 Å². The Labute approximate surface area is 189 Å². The molecule has 0 aliphatic heterocycles. The Morgan fingerprint density at radius 3 is 1.47 bits per heavy atom. The van der Waals surface area contributed by atoms with E-state index in [4.69, 9.17) is 5.73 Å². The molecular weight excluding hydrogens is 413 g/mol. The van der Waals surface area contributed by atoms with Crippen LogP contribution in [0.15, 0.2) is 0 Å². The van der Waals surface area contributed by atoms with E-state index in [9.17, 15) is 13.0 Å². The molecule has 1 unspecified atom stereocenters. The molecule has 0 aromatic carbocycles. The fourth-order valence-corrected chi connectivity index (χ4v) is 10.6. The summed E-state index contributed by atoms with van der Waals surface area (Å²) in [7, 11) is -4.71. The van der Waals surface area contributed by atoms with E-state index in [1.165, 1.54) is 57.8 Å². The lowest BCUT2D eigenvalue weighted by Crippen LogP contribution is -2.37. The van der Waals surface area contributed by atoms with Crippen molar-refractivity contribution < 1.29 is 13.0 Å². The number of hydrogen-bond acceptors (Lipinski definition) is 4. The maximum atomic E-state index is 10.4. The highest BCUT2D eigenvalue weighted by Gasteiger charge is 2.34. The first kappa shape index (κ1) is 30.3. The Kier molecular flexibility index (Phi) is 18.0. The Morgan fingerprint density at radius 1 is 0.800 bits per heavy atom. The maximum Gasteiger partial charge on any atom is 0.0961 e. The monoisotopic (exact) mass is 465 g/mol. The number of hydrogen-bond donors (Lipinski definition) is 1. The molecule has 1 atom stereocenters. The van der Waals surface area contributed by atoms with Gasteiger partial charge in [0, 0.05) is 13.3 Å². The predicted molar refractivity (Wildman–Crippen MR) is 135 cm³/mol. The van der Waals surface area contributed by atoms with E-state index in [2.05, 4.69) is 27.7 Å². The van der Waals surface area contributed by atoms with Gasteiger partial charge in [0.2, 0.25) is 0 Å². The topological polar surface area (TPSA) is 83.2 Å². The Morgan fingerprint density at radius 2 is 1.17 bits per heavy atom. The molecule has 1 aliphatic rings. The molecule has 182 valence electrons. The van der Waals surface area contributed by atoms with Crippen molar-refractivity contribution in [3.8, 4) is 0 Å². The minimum atomic E-state index is -4.15. The minimum Gasteiger partial charge on any atom is -0.748 e. The lowest BCUT2D eigenvalue weighted by molar-refractivity contribution is 0.313. The SMILES string of the molecule is CCCC[P+](CCCC)(CCCC)CCCC.NC(CS(=O)(=O)[O-])C1CCCCC1. The van der Waals surface area contributed by atoms with Gasteiger partial charge in [0.15, 0.2) is 0 Å². The summed E-state index contributed by atoms with van der Waals surface area (Å²) in [5, 5.41) is 0. The summed E-state index contributed by atoms with van der Waals surface area (Å²) in [6.45, 7) is 9.42. The zero-order valence-electron chi connectivity index (χ0n) is 20.5. The third-order valence-electron chi connectivity index (χ3n) is 6.60. The Bertz CT molecular complexity index is 455. The summed E-state index contributed by atoms with van der Waals surface area (Å²) in [5.41, 5.74) is 5.66. The van der Waals surface area contributed by atoms with Crippen LogP contribution in [0.5, 0.6) is 0 Å². The van der Waals surface area contributed by atoms with Gasteiger partial charge in [-0.25, -0.2) is 8.42 Å². The average molecular weight is 466 g/mol. The van der Waals surface area contributed by atoms with E-state index in [-0.39, 0.29) is 5.92 Å². The molecule has 0 radical (unpaired) electrons. The van der Waals surface area contributed by atoms with Crippen LogP contribution in [0.3, 0.4) is 0 Å². The van der Waals surface area contributed by atoms with E-state index in [1.807, 2.05) is 0 Å². The first-order valence-corrected chi connectivity index (χ1v) is 16.9. The quantitative estimate of drug-likeness (QED) is 0.217. The van der Waals surface area contributed by atoms with Crippen LogP contribution < -0.4 is 5.73 Å².